The van der Waals surface area contributed by atoms with Crippen LogP contribution in [0, 0.1) is 0 Å². The van der Waals surface area contributed by atoms with Crippen LogP contribution in [-0.2, 0) is 0 Å². The van der Waals surface area contributed by atoms with E-state index in [9.17, 15) is 0 Å². The van der Waals surface area contributed by atoms with E-state index in [4.69, 9.17) is 5.73 Å². The van der Waals surface area contributed by atoms with E-state index in [0.717, 1.165) is 25.7 Å². The van der Waals surface area contributed by atoms with Crippen LogP contribution >= 0.6 is 0 Å². The monoisotopic (exact) mass is 213 g/mol. The average Bonchev–Trinajstić information content (AvgIpc) is 2.17. The summed E-state index contributed by atoms with van der Waals surface area (Å²) in [6, 6.07) is 0.770. The molecule has 0 aliphatic heterocycles. The van der Waals surface area contributed by atoms with Crippen molar-refractivity contribution in [3.8, 4) is 0 Å². The second-order valence-electron chi connectivity index (χ2n) is 5.45. The summed E-state index contributed by atoms with van der Waals surface area (Å²) in [5, 5.41) is 6.98. The van der Waals surface area contributed by atoms with Crippen LogP contribution in [0.15, 0.2) is 0 Å². The number of nitrogens with one attached hydrogen (secondary N) is 2. The molecular weight excluding hydrogens is 186 g/mol. The topological polar surface area (TPSA) is 50.1 Å². The highest BCUT2D eigenvalue weighted by molar-refractivity contribution is 4.76. The van der Waals surface area contributed by atoms with E-state index in [0.29, 0.717) is 0 Å². The van der Waals surface area contributed by atoms with Gasteiger partial charge in [-0.25, -0.2) is 0 Å². The molecule has 0 amide bonds. The van der Waals surface area contributed by atoms with Gasteiger partial charge in [-0.1, -0.05) is 19.3 Å². The number of hydrogen-bond acceptors (Lipinski definition) is 3. The number of rotatable bonds is 6. The van der Waals surface area contributed by atoms with E-state index in [-0.39, 0.29) is 5.54 Å². The smallest absolute Gasteiger partial charge is 0.0223 e. The van der Waals surface area contributed by atoms with Crippen LogP contribution in [0.25, 0.3) is 0 Å². The van der Waals surface area contributed by atoms with Crippen molar-refractivity contribution in [3.63, 3.8) is 0 Å². The molecule has 0 spiro atoms. The van der Waals surface area contributed by atoms with Crippen molar-refractivity contribution >= 4 is 0 Å². The molecule has 90 valence electrons. The second kappa shape index (κ2) is 6.46. The Morgan fingerprint density at radius 3 is 2.40 bits per heavy atom. The second-order valence-corrected chi connectivity index (χ2v) is 5.45. The van der Waals surface area contributed by atoms with Gasteiger partial charge in [-0.05, 0) is 26.7 Å². The van der Waals surface area contributed by atoms with Crippen molar-refractivity contribution in [1.82, 2.24) is 10.6 Å². The van der Waals surface area contributed by atoms with Gasteiger partial charge >= 0.3 is 0 Å². The van der Waals surface area contributed by atoms with Crippen LogP contribution in [0.5, 0.6) is 0 Å². The fourth-order valence-corrected chi connectivity index (χ4v) is 2.08. The Kier molecular flexibility index (Phi) is 5.58. The minimum absolute atomic E-state index is 0.0924. The molecular formula is C12H27N3. The predicted molar refractivity (Wildman–Crippen MR) is 66.0 cm³/mol. The van der Waals surface area contributed by atoms with E-state index in [1.807, 2.05) is 0 Å². The third-order valence-electron chi connectivity index (χ3n) is 2.92. The van der Waals surface area contributed by atoms with Crippen LogP contribution in [0.1, 0.15) is 46.0 Å². The third kappa shape index (κ3) is 6.88. The molecule has 1 fully saturated rings. The van der Waals surface area contributed by atoms with Gasteiger partial charge in [0.15, 0.2) is 0 Å². The molecule has 15 heavy (non-hydrogen) atoms. The normalized spacial score (nSPS) is 19.4. The summed E-state index contributed by atoms with van der Waals surface area (Å²) in [7, 11) is 0. The van der Waals surface area contributed by atoms with Gasteiger partial charge in [-0.3, -0.25) is 0 Å². The minimum atomic E-state index is -0.0924. The fourth-order valence-electron chi connectivity index (χ4n) is 2.08. The molecule has 0 unspecified atom stereocenters. The summed E-state index contributed by atoms with van der Waals surface area (Å²) in [4.78, 5) is 0. The molecule has 4 N–H and O–H groups in total. The first-order valence-corrected chi connectivity index (χ1v) is 6.31. The van der Waals surface area contributed by atoms with Gasteiger partial charge in [0.25, 0.3) is 0 Å². The summed E-state index contributed by atoms with van der Waals surface area (Å²) >= 11 is 0. The zero-order valence-corrected chi connectivity index (χ0v) is 10.3. The Labute approximate surface area is 94.2 Å². The summed E-state index contributed by atoms with van der Waals surface area (Å²) in [6.07, 6.45) is 6.96. The van der Waals surface area contributed by atoms with Crippen LogP contribution in [0.2, 0.25) is 0 Å². The van der Waals surface area contributed by atoms with Crippen LogP contribution in [-0.4, -0.2) is 31.2 Å². The first-order valence-electron chi connectivity index (χ1n) is 6.31. The maximum Gasteiger partial charge on any atom is 0.0223 e. The van der Waals surface area contributed by atoms with Gasteiger partial charge in [0.1, 0.15) is 0 Å². The molecule has 1 rings (SSSR count). The maximum absolute atomic E-state index is 5.88. The van der Waals surface area contributed by atoms with Crippen molar-refractivity contribution in [3.05, 3.63) is 0 Å². The van der Waals surface area contributed by atoms with E-state index in [2.05, 4.69) is 24.5 Å². The predicted octanol–water partition coefficient (Wildman–Crippen LogP) is 1.24. The maximum atomic E-state index is 5.88. The van der Waals surface area contributed by atoms with E-state index in [1.54, 1.807) is 0 Å². The lowest BCUT2D eigenvalue weighted by Gasteiger charge is -2.23. The molecule has 0 heterocycles. The molecule has 0 atom stereocenters. The summed E-state index contributed by atoms with van der Waals surface area (Å²) in [5.41, 5.74) is 5.79. The third-order valence-corrected chi connectivity index (χ3v) is 2.92. The SMILES string of the molecule is CC(C)(N)CNCCNC1CCCCC1. The Bertz CT molecular complexity index is 157. The van der Waals surface area contributed by atoms with Gasteiger partial charge in [-0.2, -0.15) is 0 Å². The highest BCUT2D eigenvalue weighted by Gasteiger charge is 2.12. The van der Waals surface area contributed by atoms with Gasteiger partial charge in [-0.15, -0.1) is 0 Å². The van der Waals surface area contributed by atoms with Crippen LogP contribution in [0.4, 0.5) is 0 Å². The molecule has 1 saturated carbocycles. The van der Waals surface area contributed by atoms with Gasteiger partial charge in [0, 0.05) is 31.2 Å². The highest BCUT2D eigenvalue weighted by Crippen LogP contribution is 2.16. The van der Waals surface area contributed by atoms with E-state index >= 15 is 0 Å². The van der Waals surface area contributed by atoms with Crippen molar-refractivity contribution < 1.29 is 0 Å². The van der Waals surface area contributed by atoms with E-state index < -0.39 is 0 Å². The molecule has 1 aliphatic rings. The molecule has 0 aromatic rings. The van der Waals surface area contributed by atoms with Crippen molar-refractivity contribution in [2.75, 3.05) is 19.6 Å². The molecule has 0 aromatic carbocycles. The van der Waals surface area contributed by atoms with Crippen molar-refractivity contribution in [1.29, 1.82) is 0 Å². The molecule has 0 bridgehead atoms. The van der Waals surface area contributed by atoms with Crippen LogP contribution in [0.3, 0.4) is 0 Å². The lowest BCUT2D eigenvalue weighted by atomic mass is 9.95. The zero-order valence-electron chi connectivity index (χ0n) is 10.3. The molecule has 0 saturated heterocycles. The van der Waals surface area contributed by atoms with Gasteiger partial charge in [0.05, 0.1) is 0 Å². The number of hydrogen-bond donors (Lipinski definition) is 3. The lowest BCUT2D eigenvalue weighted by molar-refractivity contribution is 0.369. The van der Waals surface area contributed by atoms with Gasteiger partial charge < -0.3 is 16.4 Å². The Balaban J connectivity index is 1.92. The molecule has 0 aromatic heterocycles. The molecule has 0 radical (unpaired) electrons. The quantitative estimate of drug-likeness (QED) is 0.582. The summed E-state index contributed by atoms with van der Waals surface area (Å²) in [6.45, 7) is 7.08. The summed E-state index contributed by atoms with van der Waals surface area (Å²) < 4.78 is 0. The first kappa shape index (κ1) is 12.9. The van der Waals surface area contributed by atoms with Gasteiger partial charge in [0.2, 0.25) is 0 Å². The first-order chi connectivity index (χ1) is 7.08. The lowest BCUT2D eigenvalue weighted by Crippen LogP contribution is -2.45. The minimum Gasteiger partial charge on any atom is -0.324 e. The zero-order chi connectivity index (χ0) is 11.1. The van der Waals surface area contributed by atoms with Crippen molar-refractivity contribution in [2.45, 2.75) is 57.5 Å². The van der Waals surface area contributed by atoms with E-state index in [1.165, 1.54) is 32.1 Å². The Hall–Kier alpha value is -0.120. The summed E-state index contributed by atoms with van der Waals surface area (Å²) in [5.74, 6) is 0. The number of nitrogens with two attached hydrogens (primary N) is 1. The fraction of sp³-hybridized carbons (Fsp3) is 1.00. The standard InChI is InChI=1S/C12H27N3/c1-12(2,13)10-14-8-9-15-11-6-4-3-5-7-11/h11,14-15H,3-10,13H2,1-2H3. The Morgan fingerprint density at radius 2 is 1.80 bits per heavy atom. The molecule has 3 heteroatoms. The van der Waals surface area contributed by atoms with Crippen LogP contribution < -0.4 is 16.4 Å². The molecule has 3 nitrogen and oxygen atoms in total. The largest absolute Gasteiger partial charge is 0.324 e. The van der Waals surface area contributed by atoms with Crippen molar-refractivity contribution in [2.24, 2.45) is 5.73 Å². The highest BCUT2D eigenvalue weighted by atomic mass is 15.0. The average molecular weight is 213 g/mol. The molecule has 1 aliphatic carbocycles. The Morgan fingerprint density at radius 1 is 1.13 bits per heavy atom.